The molecule has 2 unspecified atom stereocenters. The molecule has 0 heterocycles. The summed E-state index contributed by atoms with van der Waals surface area (Å²) in [5.74, 6) is -1.77. The summed E-state index contributed by atoms with van der Waals surface area (Å²) in [6, 6.07) is -0.733. The first-order chi connectivity index (χ1) is 29.1. The Morgan fingerprint density at radius 1 is 0.517 bits per heavy atom. The first-order valence-corrected chi connectivity index (χ1v) is 24.3. The molecule has 0 saturated carbocycles. The highest BCUT2D eigenvalue weighted by Gasteiger charge is 2.25. The first-order valence-electron chi connectivity index (χ1n) is 24.3. The van der Waals surface area contributed by atoms with Crippen LogP contribution in [0.5, 0.6) is 0 Å². The second-order valence-corrected chi connectivity index (χ2v) is 17.3. The maximum absolute atomic E-state index is 12.7. The van der Waals surface area contributed by atoms with Crippen molar-refractivity contribution in [2.45, 2.75) is 212 Å². The monoisotopic (exact) mass is 842 g/mol. The van der Waals surface area contributed by atoms with E-state index in [2.05, 4.69) is 74.6 Å². The summed E-state index contributed by atoms with van der Waals surface area (Å²) < 4.78 is 17.2. The van der Waals surface area contributed by atoms with Gasteiger partial charge in [0.1, 0.15) is 12.6 Å². The van der Waals surface area contributed by atoms with Crippen LogP contribution in [0.3, 0.4) is 0 Å². The number of hydrogen-bond acceptors (Lipinski definition) is 7. The Morgan fingerprint density at radius 3 is 1.38 bits per heavy atom. The highest BCUT2D eigenvalue weighted by Crippen LogP contribution is 2.15. The van der Waals surface area contributed by atoms with Crippen LogP contribution in [-0.4, -0.2) is 75.5 Å². The number of carboxylic acid groups (broad SMARTS) is 1. The SMILES string of the molecule is CC/C=C/C/C=C/C/C=C/C/C=C/C/C=C/CCCCCC(=O)OC(COCCC(C(=O)[O-])[N+](C)(C)C)COC(=O)CCCCCCCCCCCCCCCCCCC. The van der Waals surface area contributed by atoms with Gasteiger partial charge in [-0.15, -0.1) is 0 Å². The van der Waals surface area contributed by atoms with Crippen molar-refractivity contribution in [3.8, 4) is 0 Å². The molecule has 0 aromatic heterocycles. The predicted molar refractivity (Wildman–Crippen MR) is 249 cm³/mol. The zero-order chi connectivity index (χ0) is 44.2. The number of rotatable bonds is 43. The van der Waals surface area contributed by atoms with Crippen molar-refractivity contribution in [3.05, 3.63) is 60.8 Å². The molecular weight excluding hydrogens is 751 g/mol. The second-order valence-electron chi connectivity index (χ2n) is 17.3. The topological polar surface area (TPSA) is 102 Å². The summed E-state index contributed by atoms with van der Waals surface area (Å²) in [6.45, 7) is 4.53. The van der Waals surface area contributed by atoms with Gasteiger partial charge >= 0.3 is 11.9 Å². The molecule has 0 bridgehead atoms. The van der Waals surface area contributed by atoms with Crippen LogP contribution in [0.2, 0.25) is 0 Å². The highest BCUT2D eigenvalue weighted by molar-refractivity contribution is 5.70. The van der Waals surface area contributed by atoms with Gasteiger partial charge < -0.3 is 28.6 Å². The third-order valence-electron chi connectivity index (χ3n) is 10.7. The minimum Gasteiger partial charge on any atom is -0.544 e. The van der Waals surface area contributed by atoms with Crippen LogP contribution in [0.25, 0.3) is 0 Å². The van der Waals surface area contributed by atoms with Crippen LogP contribution < -0.4 is 5.11 Å². The predicted octanol–water partition coefficient (Wildman–Crippen LogP) is 12.4. The summed E-state index contributed by atoms with van der Waals surface area (Å²) in [5.41, 5.74) is 0. The van der Waals surface area contributed by atoms with Gasteiger partial charge in [0.25, 0.3) is 0 Å². The van der Waals surface area contributed by atoms with Gasteiger partial charge in [-0.25, -0.2) is 0 Å². The van der Waals surface area contributed by atoms with Crippen LogP contribution in [0.15, 0.2) is 60.8 Å². The maximum Gasteiger partial charge on any atom is 0.306 e. The Hall–Kier alpha value is -2.97. The molecule has 0 N–H and O–H groups in total. The van der Waals surface area contributed by atoms with Crippen molar-refractivity contribution in [1.82, 2.24) is 0 Å². The number of hydrogen-bond donors (Lipinski definition) is 0. The smallest absolute Gasteiger partial charge is 0.306 e. The number of carbonyl (C=O) groups is 3. The van der Waals surface area contributed by atoms with Crippen molar-refractivity contribution in [2.75, 3.05) is 41.0 Å². The standard InChI is InChI=1S/C52H91NO7/c1-6-8-10-12-14-16-18-20-22-24-25-27-29-31-33-35-37-39-41-43-51(55)60-48(46-58-45-44-49(52(56)57)53(3,4)5)47-59-50(54)42-40-38-36-34-32-30-28-26-23-21-19-17-15-13-11-9-7-2/h8,10,14,16,20,22,25,27,31,33,48-49H,6-7,9,11-13,15,17-19,21,23-24,26,28-30,32,34-47H2,1-5H3/b10-8+,16-14+,22-20+,27-25+,33-31+. The molecule has 60 heavy (non-hydrogen) atoms. The van der Waals surface area contributed by atoms with Gasteiger partial charge in [0.2, 0.25) is 0 Å². The number of likely N-dealkylation sites (N-methyl/N-ethyl adjacent to an activating group) is 1. The number of nitrogens with zero attached hydrogens (tertiary/aromatic N) is 1. The van der Waals surface area contributed by atoms with Gasteiger partial charge in [0.15, 0.2) is 6.10 Å². The van der Waals surface area contributed by atoms with Crippen molar-refractivity contribution in [3.63, 3.8) is 0 Å². The molecule has 0 aromatic rings. The maximum atomic E-state index is 12.7. The lowest BCUT2D eigenvalue weighted by Gasteiger charge is -2.34. The molecular formula is C52H91NO7. The summed E-state index contributed by atoms with van der Waals surface area (Å²) >= 11 is 0. The van der Waals surface area contributed by atoms with E-state index in [9.17, 15) is 19.5 Å². The number of allylic oxidation sites excluding steroid dienone is 10. The number of aliphatic carboxylic acids is 1. The van der Waals surface area contributed by atoms with Crippen LogP contribution >= 0.6 is 0 Å². The van der Waals surface area contributed by atoms with Crippen LogP contribution in [0.1, 0.15) is 200 Å². The Bertz CT molecular complexity index is 1170. The van der Waals surface area contributed by atoms with E-state index in [4.69, 9.17) is 14.2 Å². The Balaban J connectivity index is 4.35. The minimum absolute atomic E-state index is 0.0269. The van der Waals surface area contributed by atoms with Gasteiger partial charge in [0, 0.05) is 19.3 Å². The molecule has 0 aliphatic rings. The number of carbonyl (C=O) groups excluding carboxylic acids is 3. The first kappa shape index (κ1) is 57.0. The fraction of sp³-hybridized carbons (Fsp3) is 0.750. The lowest BCUT2D eigenvalue weighted by molar-refractivity contribution is -0.889. The Kier molecular flexibility index (Phi) is 40.6. The van der Waals surface area contributed by atoms with Crippen LogP contribution in [0, 0.1) is 0 Å². The van der Waals surface area contributed by atoms with Gasteiger partial charge in [-0.05, 0) is 57.8 Å². The molecule has 0 spiro atoms. The second kappa shape index (κ2) is 42.7. The molecule has 0 amide bonds. The van der Waals surface area contributed by atoms with Gasteiger partial charge in [0.05, 0.1) is 40.3 Å². The fourth-order valence-electron chi connectivity index (χ4n) is 6.92. The van der Waals surface area contributed by atoms with Crippen LogP contribution in [0.4, 0.5) is 0 Å². The molecule has 0 aromatic carbocycles. The van der Waals surface area contributed by atoms with Crippen molar-refractivity contribution in [1.29, 1.82) is 0 Å². The van der Waals surface area contributed by atoms with E-state index in [0.717, 1.165) is 70.6 Å². The summed E-state index contributed by atoms with van der Waals surface area (Å²) in [6.07, 6.45) is 52.5. The molecule has 0 aliphatic heterocycles. The molecule has 0 rings (SSSR count). The normalized spacial score (nSPS) is 13.4. The fourth-order valence-corrected chi connectivity index (χ4v) is 6.92. The molecule has 0 aliphatic carbocycles. The van der Waals surface area contributed by atoms with Gasteiger partial charge in [-0.2, -0.15) is 0 Å². The number of unbranched alkanes of at least 4 members (excludes halogenated alkanes) is 19. The lowest BCUT2D eigenvalue weighted by Crippen LogP contribution is -2.55. The van der Waals surface area contributed by atoms with E-state index in [-0.39, 0.29) is 49.1 Å². The van der Waals surface area contributed by atoms with Crippen molar-refractivity contribution >= 4 is 17.9 Å². The average Bonchev–Trinajstić information content (AvgIpc) is 3.21. The van der Waals surface area contributed by atoms with Crippen LogP contribution in [-0.2, 0) is 28.6 Å². The molecule has 8 nitrogen and oxygen atoms in total. The number of esters is 2. The quantitative estimate of drug-likeness (QED) is 0.0261. The Labute approximate surface area is 368 Å². The lowest BCUT2D eigenvalue weighted by atomic mass is 10.0. The van der Waals surface area contributed by atoms with E-state index < -0.39 is 18.1 Å². The van der Waals surface area contributed by atoms with Crippen molar-refractivity contribution in [2.24, 2.45) is 0 Å². The van der Waals surface area contributed by atoms with E-state index in [0.29, 0.717) is 12.8 Å². The third-order valence-corrected chi connectivity index (χ3v) is 10.7. The number of carboxylic acids is 1. The molecule has 2 atom stereocenters. The van der Waals surface area contributed by atoms with Gasteiger partial charge in [-0.1, -0.05) is 184 Å². The largest absolute Gasteiger partial charge is 0.544 e. The molecule has 346 valence electrons. The molecule has 0 radical (unpaired) electrons. The zero-order valence-electron chi connectivity index (χ0n) is 39.4. The molecule has 0 fully saturated rings. The summed E-state index contributed by atoms with van der Waals surface area (Å²) in [4.78, 5) is 37.0. The summed E-state index contributed by atoms with van der Waals surface area (Å²) in [5, 5.41) is 11.6. The zero-order valence-corrected chi connectivity index (χ0v) is 39.4. The van der Waals surface area contributed by atoms with Gasteiger partial charge in [-0.3, -0.25) is 9.59 Å². The third kappa shape index (κ3) is 40.4. The Morgan fingerprint density at radius 2 is 0.933 bits per heavy atom. The van der Waals surface area contributed by atoms with E-state index >= 15 is 0 Å². The minimum atomic E-state index is -1.13. The summed E-state index contributed by atoms with van der Waals surface area (Å²) in [7, 11) is 5.40. The average molecular weight is 842 g/mol. The highest BCUT2D eigenvalue weighted by atomic mass is 16.6. The molecule has 0 saturated heterocycles. The number of quaternary nitrogens is 1. The van der Waals surface area contributed by atoms with E-state index in [1.807, 2.05) is 0 Å². The van der Waals surface area contributed by atoms with Crippen molar-refractivity contribution < 1.29 is 38.2 Å². The number of ether oxygens (including phenoxy) is 3. The van der Waals surface area contributed by atoms with E-state index in [1.165, 1.54) is 89.9 Å². The van der Waals surface area contributed by atoms with E-state index in [1.54, 1.807) is 21.1 Å². The molecule has 8 heteroatoms.